The van der Waals surface area contributed by atoms with E-state index >= 15 is 0 Å². The van der Waals surface area contributed by atoms with Gasteiger partial charge in [0.05, 0.1) is 7.11 Å². The highest BCUT2D eigenvalue weighted by Crippen LogP contribution is 2.43. The van der Waals surface area contributed by atoms with Crippen molar-refractivity contribution in [1.29, 1.82) is 0 Å². The summed E-state index contributed by atoms with van der Waals surface area (Å²) in [5, 5.41) is 0. The number of benzene rings is 1. The SMILES string of the molecule is COc1ccc2c(c1)CCN1C[C@H]3CCCN(C(=O)N(C)C)[C@H]3C[C@@H]21. The van der Waals surface area contributed by atoms with Crippen LogP contribution in [-0.4, -0.2) is 67.6 Å². The van der Waals surface area contributed by atoms with E-state index in [2.05, 4.69) is 28.0 Å². The van der Waals surface area contributed by atoms with Crippen LogP contribution in [0.25, 0.3) is 0 Å². The van der Waals surface area contributed by atoms with Gasteiger partial charge in [-0.1, -0.05) is 6.07 Å². The van der Waals surface area contributed by atoms with Crippen molar-refractivity contribution in [3.63, 3.8) is 0 Å². The van der Waals surface area contributed by atoms with Gasteiger partial charge >= 0.3 is 6.03 Å². The minimum atomic E-state index is 0.175. The molecule has 5 nitrogen and oxygen atoms in total. The Labute approximate surface area is 150 Å². The van der Waals surface area contributed by atoms with Crippen LogP contribution in [0.3, 0.4) is 0 Å². The number of urea groups is 1. The van der Waals surface area contributed by atoms with Crippen molar-refractivity contribution in [3.05, 3.63) is 29.3 Å². The lowest BCUT2D eigenvalue weighted by atomic mass is 9.76. The van der Waals surface area contributed by atoms with Gasteiger partial charge in [-0.25, -0.2) is 4.79 Å². The molecule has 0 aromatic heterocycles. The number of likely N-dealkylation sites (tertiary alicyclic amines) is 1. The van der Waals surface area contributed by atoms with E-state index in [1.807, 2.05) is 14.1 Å². The molecule has 2 fully saturated rings. The van der Waals surface area contributed by atoms with Crippen molar-refractivity contribution < 1.29 is 9.53 Å². The van der Waals surface area contributed by atoms with E-state index in [0.717, 1.165) is 44.6 Å². The Morgan fingerprint density at radius 1 is 1.28 bits per heavy atom. The summed E-state index contributed by atoms with van der Waals surface area (Å²) in [5.41, 5.74) is 2.86. The van der Waals surface area contributed by atoms with Crippen LogP contribution >= 0.6 is 0 Å². The maximum atomic E-state index is 12.7. The second-order valence-corrected chi connectivity index (χ2v) is 7.90. The molecule has 0 saturated carbocycles. The third-order valence-corrected chi connectivity index (χ3v) is 6.30. The monoisotopic (exact) mass is 343 g/mol. The molecular formula is C20H29N3O2. The van der Waals surface area contributed by atoms with E-state index in [-0.39, 0.29) is 6.03 Å². The fraction of sp³-hybridized carbons (Fsp3) is 0.650. The quantitative estimate of drug-likeness (QED) is 0.787. The summed E-state index contributed by atoms with van der Waals surface area (Å²) in [6, 6.07) is 7.51. The molecule has 1 aromatic rings. The fourth-order valence-corrected chi connectivity index (χ4v) is 5.06. The zero-order chi connectivity index (χ0) is 17.6. The number of methoxy groups -OCH3 is 1. The molecular weight excluding hydrogens is 314 g/mol. The fourth-order valence-electron chi connectivity index (χ4n) is 5.06. The van der Waals surface area contributed by atoms with Gasteiger partial charge in [0.25, 0.3) is 0 Å². The Morgan fingerprint density at radius 2 is 2.12 bits per heavy atom. The van der Waals surface area contributed by atoms with Crippen LogP contribution < -0.4 is 4.74 Å². The molecule has 5 heteroatoms. The molecule has 3 atom stereocenters. The summed E-state index contributed by atoms with van der Waals surface area (Å²) in [5.74, 6) is 1.57. The smallest absolute Gasteiger partial charge is 0.319 e. The van der Waals surface area contributed by atoms with Crippen molar-refractivity contribution >= 4 is 6.03 Å². The molecule has 3 aliphatic heterocycles. The molecule has 3 heterocycles. The number of nitrogens with zero attached hydrogens (tertiary/aromatic N) is 3. The minimum absolute atomic E-state index is 0.175. The summed E-state index contributed by atoms with van der Waals surface area (Å²) < 4.78 is 5.41. The lowest BCUT2D eigenvalue weighted by Gasteiger charge is -2.52. The number of carbonyl (C=O) groups is 1. The highest BCUT2D eigenvalue weighted by molar-refractivity contribution is 5.74. The second kappa shape index (κ2) is 6.52. The zero-order valence-electron chi connectivity index (χ0n) is 15.6. The van der Waals surface area contributed by atoms with Crippen molar-refractivity contribution in [1.82, 2.24) is 14.7 Å². The van der Waals surface area contributed by atoms with Gasteiger partial charge in [0.2, 0.25) is 0 Å². The van der Waals surface area contributed by atoms with Gasteiger partial charge in [-0.2, -0.15) is 0 Å². The van der Waals surface area contributed by atoms with E-state index in [1.165, 1.54) is 17.5 Å². The van der Waals surface area contributed by atoms with Gasteiger partial charge < -0.3 is 14.5 Å². The lowest BCUT2D eigenvalue weighted by Crippen LogP contribution is -2.59. The molecule has 3 aliphatic rings. The molecule has 0 aliphatic carbocycles. The first kappa shape index (κ1) is 16.7. The standard InChI is InChI=1S/C20H29N3O2/c1-21(2)20(24)23-9-4-5-15-13-22-10-8-14-11-16(25-3)6-7-17(14)19(22)12-18(15)23/h6-7,11,15,18-19H,4-5,8-10,12-13H2,1-3H3/t15-,18+,19+/m1/s1. The van der Waals surface area contributed by atoms with E-state index in [0.29, 0.717) is 18.0 Å². The molecule has 2 amide bonds. The molecule has 0 N–H and O–H groups in total. The Balaban J connectivity index is 1.62. The molecule has 0 spiro atoms. The largest absolute Gasteiger partial charge is 0.497 e. The van der Waals surface area contributed by atoms with Crippen LogP contribution in [-0.2, 0) is 6.42 Å². The molecule has 4 rings (SSSR count). The molecule has 1 aromatic carbocycles. The second-order valence-electron chi connectivity index (χ2n) is 7.90. The molecule has 0 unspecified atom stereocenters. The number of piperidine rings is 2. The number of hydrogen-bond donors (Lipinski definition) is 0. The van der Waals surface area contributed by atoms with Crippen LogP contribution in [0.2, 0.25) is 0 Å². The zero-order valence-corrected chi connectivity index (χ0v) is 15.6. The Kier molecular flexibility index (Phi) is 4.36. The summed E-state index contributed by atoms with van der Waals surface area (Å²) in [4.78, 5) is 19.2. The van der Waals surface area contributed by atoms with Crippen molar-refractivity contribution in [2.24, 2.45) is 5.92 Å². The van der Waals surface area contributed by atoms with Crippen LogP contribution in [0.5, 0.6) is 5.75 Å². The predicted molar refractivity (Wildman–Crippen MR) is 97.9 cm³/mol. The maximum absolute atomic E-state index is 12.7. The summed E-state index contributed by atoms with van der Waals surface area (Å²) in [6.07, 6.45) is 4.54. The number of fused-ring (bicyclic) bond motifs is 4. The molecule has 0 bridgehead atoms. The van der Waals surface area contributed by atoms with Crippen molar-refractivity contribution in [3.8, 4) is 5.75 Å². The molecule has 136 valence electrons. The molecule has 25 heavy (non-hydrogen) atoms. The van der Waals surface area contributed by atoms with Crippen LogP contribution in [0.1, 0.15) is 36.4 Å². The third-order valence-electron chi connectivity index (χ3n) is 6.30. The van der Waals surface area contributed by atoms with Crippen LogP contribution in [0.4, 0.5) is 4.79 Å². The van der Waals surface area contributed by atoms with Crippen LogP contribution in [0, 0.1) is 5.92 Å². The van der Waals surface area contributed by atoms with E-state index in [9.17, 15) is 4.79 Å². The average molecular weight is 343 g/mol. The van der Waals surface area contributed by atoms with Crippen LogP contribution in [0.15, 0.2) is 18.2 Å². The number of ether oxygens (including phenoxy) is 1. The van der Waals surface area contributed by atoms with Gasteiger partial charge in [-0.3, -0.25) is 4.90 Å². The molecule has 2 saturated heterocycles. The summed E-state index contributed by atoms with van der Waals surface area (Å²) in [7, 11) is 5.46. The minimum Gasteiger partial charge on any atom is -0.497 e. The highest BCUT2D eigenvalue weighted by Gasteiger charge is 2.44. The normalized spacial score (nSPS) is 28.6. The Morgan fingerprint density at radius 3 is 2.88 bits per heavy atom. The lowest BCUT2D eigenvalue weighted by molar-refractivity contribution is 0.00108. The first-order chi connectivity index (χ1) is 12.1. The van der Waals surface area contributed by atoms with Gasteiger partial charge in [0, 0.05) is 45.8 Å². The topological polar surface area (TPSA) is 36.0 Å². The Bertz CT molecular complexity index is 660. The van der Waals surface area contributed by atoms with Gasteiger partial charge in [-0.15, -0.1) is 0 Å². The number of amides is 2. The number of rotatable bonds is 1. The van der Waals surface area contributed by atoms with Gasteiger partial charge in [0.1, 0.15) is 5.75 Å². The molecule has 0 radical (unpaired) electrons. The maximum Gasteiger partial charge on any atom is 0.319 e. The van der Waals surface area contributed by atoms with E-state index < -0.39 is 0 Å². The number of hydrogen-bond acceptors (Lipinski definition) is 3. The van der Waals surface area contributed by atoms with Gasteiger partial charge in [-0.05, 0) is 54.9 Å². The Hall–Kier alpha value is -1.75. The van der Waals surface area contributed by atoms with Crippen molar-refractivity contribution in [2.75, 3.05) is 40.8 Å². The number of carbonyl (C=O) groups excluding carboxylic acids is 1. The summed E-state index contributed by atoms with van der Waals surface area (Å²) >= 11 is 0. The predicted octanol–water partition coefficient (Wildman–Crippen LogP) is 2.76. The first-order valence-electron chi connectivity index (χ1n) is 9.47. The summed E-state index contributed by atoms with van der Waals surface area (Å²) in [6.45, 7) is 3.15. The first-order valence-corrected chi connectivity index (χ1v) is 9.47. The van der Waals surface area contributed by atoms with Crippen molar-refractivity contribution in [2.45, 2.75) is 37.8 Å². The average Bonchev–Trinajstić information content (AvgIpc) is 2.64. The van der Waals surface area contributed by atoms with E-state index in [1.54, 1.807) is 12.0 Å². The third kappa shape index (κ3) is 2.88. The van der Waals surface area contributed by atoms with Gasteiger partial charge in [0.15, 0.2) is 0 Å². The highest BCUT2D eigenvalue weighted by atomic mass is 16.5. The van der Waals surface area contributed by atoms with E-state index in [4.69, 9.17) is 4.74 Å².